The van der Waals surface area contributed by atoms with Crippen LogP contribution in [0.15, 0.2) is 0 Å². The molecule has 0 aromatic heterocycles. The number of hydrogen-bond donors (Lipinski definition) is 0. The Kier molecular flexibility index (Phi) is 0.484. The van der Waals surface area contributed by atoms with Crippen molar-refractivity contribution in [2.45, 2.75) is 30.4 Å². The highest BCUT2D eigenvalue weighted by Gasteiger charge is 2.09. The molecule has 0 aromatic rings. The maximum absolute atomic E-state index is 7.46. The molecule has 0 amide bonds. The van der Waals surface area contributed by atoms with E-state index in [0.29, 0.717) is 0 Å². The van der Waals surface area contributed by atoms with E-state index in [0.717, 1.165) is 0 Å². The number of hydrogen-bond acceptors (Lipinski definition) is 0. The van der Waals surface area contributed by atoms with Gasteiger partial charge in [0.25, 0.3) is 0 Å². The maximum atomic E-state index is 7.46. The first-order valence-electron chi connectivity index (χ1n) is 4.40. The Hall–Kier alpha value is 0.480. The molecule has 36 valence electrons. The molecule has 0 atom stereocenters. The van der Waals surface area contributed by atoms with Gasteiger partial charge in [-0.2, -0.15) is 0 Å². The quantitative estimate of drug-likeness (QED) is 0.469. The van der Waals surface area contributed by atoms with Crippen LogP contribution in [0.5, 0.6) is 0 Å². The lowest BCUT2D eigenvalue weighted by molar-refractivity contribution is 0.886. The van der Waals surface area contributed by atoms with Crippen LogP contribution in [0.4, 0.5) is 0 Å². The molecule has 0 aliphatic heterocycles. The van der Waals surface area contributed by atoms with Crippen LogP contribution in [0.2, 0.25) is 0 Å². The molecule has 0 unspecified atom stereocenters. The topological polar surface area (TPSA) is 0 Å². The highest BCUT2D eigenvalue weighted by Crippen LogP contribution is 2.23. The summed E-state index contributed by atoms with van der Waals surface area (Å²) in [5, 5.41) is 0. The average Bonchev–Trinajstić information content (AvgIpc) is 1.93. The molecule has 1 aliphatic rings. The van der Waals surface area contributed by atoms with Crippen molar-refractivity contribution in [3.8, 4) is 0 Å². The summed E-state index contributed by atoms with van der Waals surface area (Å²) < 4.78 is 36.8. The molecule has 1 rings (SSSR count). The lowest BCUT2D eigenvalue weighted by Gasteiger charge is -1.88. The molecule has 1 saturated carbocycles. The summed E-state index contributed by atoms with van der Waals surface area (Å²) in [7, 11) is 0. The van der Waals surface area contributed by atoms with Crippen LogP contribution < -0.4 is 0 Å². The molecule has 0 nitrogen and oxygen atoms in total. The van der Waals surface area contributed by atoms with Gasteiger partial charge < -0.3 is 0 Å². The summed E-state index contributed by atoms with van der Waals surface area (Å²) in [4.78, 5) is -1.78. The molecule has 6 heavy (non-hydrogen) atoms. The third kappa shape index (κ3) is 0.970. The molecule has 0 spiro atoms. The van der Waals surface area contributed by atoms with Crippen LogP contribution in [0.25, 0.3) is 0 Å². The van der Waals surface area contributed by atoms with Gasteiger partial charge in [0.05, 0.1) is 0 Å². The van der Waals surface area contributed by atoms with Crippen molar-refractivity contribution in [2.24, 2.45) is 0 Å². The summed E-state index contributed by atoms with van der Waals surface area (Å²) in [6, 6.07) is 0. The van der Waals surface area contributed by atoms with Gasteiger partial charge in [-0.05, 0) is 12.7 Å². The van der Waals surface area contributed by atoms with E-state index < -0.39 is 17.5 Å². The Bertz CT molecular complexity index is 158. The Morgan fingerprint density at radius 3 is 2.33 bits per heavy atom. The first kappa shape index (κ1) is 1.48. The Morgan fingerprint density at radius 1 is 1.67 bits per heavy atom. The predicted octanol–water partition coefficient (Wildman–Crippen LogP) is 2.32. The van der Waals surface area contributed by atoms with Gasteiger partial charge in [-0.1, -0.05) is 28.8 Å². The summed E-state index contributed by atoms with van der Waals surface area (Å²) in [6.45, 7) is 0. The molecule has 1 heteroatoms. The van der Waals surface area contributed by atoms with E-state index in [1.165, 1.54) is 0 Å². The molecule has 0 saturated heterocycles. The Morgan fingerprint density at radius 2 is 2.17 bits per heavy atom. The van der Waals surface area contributed by atoms with Crippen molar-refractivity contribution >= 4 is 15.9 Å². The molecule has 0 heterocycles. The van der Waals surface area contributed by atoms with Crippen molar-refractivity contribution in [3.63, 3.8) is 0 Å². The zero-order valence-corrected chi connectivity index (χ0v) is 4.88. The largest absolute Gasteiger partial charge is 0.0891 e. The molecule has 0 bridgehead atoms. The average molecular weight is 154 g/mol. The van der Waals surface area contributed by atoms with Crippen molar-refractivity contribution in [2.75, 3.05) is 0 Å². The van der Waals surface area contributed by atoms with Crippen molar-refractivity contribution in [1.82, 2.24) is 0 Å². The van der Waals surface area contributed by atoms with Gasteiger partial charge in [0.1, 0.15) is 0 Å². The van der Waals surface area contributed by atoms with E-state index in [9.17, 15) is 0 Å². The number of halogens is 1. The molecular formula is C5H9Br. The smallest absolute Gasteiger partial charge is 0.0423 e. The van der Waals surface area contributed by atoms with Crippen LogP contribution in [0, 0.1) is 0 Å². The van der Waals surface area contributed by atoms with Crippen LogP contribution in [-0.4, -0.2) is 4.80 Å². The molecule has 1 fully saturated rings. The van der Waals surface area contributed by atoms with Gasteiger partial charge in [0.2, 0.25) is 0 Å². The summed E-state index contributed by atoms with van der Waals surface area (Å²) in [6.07, 6.45) is -3.32. The van der Waals surface area contributed by atoms with E-state index >= 15 is 0 Å². The fourth-order valence-electron chi connectivity index (χ4n) is 0.407. The fourth-order valence-corrected chi connectivity index (χ4v) is 0.803. The van der Waals surface area contributed by atoms with Gasteiger partial charge in [0, 0.05) is 11.7 Å². The zero-order valence-electron chi connectivity index (χ0n) is 8.29. The van der Waals surface area contributed by atoms with E-state index in [4.69, 9.17) is 6.85 Å². The molecule has 0 aromatic carbocycles. The second kappa shape index (κ2) is 1.97. The minimum atomic E-state index is -1.78. The minimum Gasteiger partial charge on any atom is -0.0891 e. The second-order valence-corrected chi connectivity index (χ2v) is 1.96. The van der Waals surface area contributed by atoms with Gasteiger partial charge in [-0.3, -0.25) is 0 Å². The monoisotopic (exact) mass is 153 g/mol. The minimum absolute atomic E-state index is 0.106. The lowest BCUT2D eigenvalue weighted by atomic mass is 10.4. The number of rotatable bonds is 0. The standard InChI is InChI=1S/C5H9Br/c6-5-3-1-2-4-5/h5H,1-4H2/i3D2,4D2,5D. The highest BCUT2D eigenvalue weighted by molar-refractivity contribution is 9.09. The summed E-state index contributed by atoms with van der Waals surface area (Å²) >= 11 is 2.80. The van der Waals surface area contributed by atoms with Crippen molar-refractivity contribution in [3.05, 3.63) is 0 Å². The fraction of sp³-hybridized carbons (Fsp3) is 1.00. The first-order valence-corrected chi connectivity index (χ1v) is 2.69. The normalized spacial score (nSPS) is 59.8. The van der Waals surface area contributed by atoms with E-state index in [2.05, 4.69) is 15.9 Å². The van der Waals surface area contributed by atoms with Gasteiger partial charge in [0.15, 0.2) is 0 Å². The molecule has 0 radical (unpaired) electrons. The molecule has 1 aliphatic carbocycles. The predicted molar refractivity (Wildman–Crippen MR) is 31.2 cm³/mol. The number of alkyl halides is 1. The molecule has 0 N–H and O–H groups in total. The lowest BCUT2D eigenvalue weighted by Crippen LogP contribution is -1.81. The second-order valence-electron chi connectivity index (χ2n) is 1.17. The van der Waals surface area contributed by atoms with Crippen molar-refractivity contribution in [1.29, 1.82) is 0 Å². The van der Waals surface area contributed by atoms with Crippen LogP contribution >= 0.6 is 15.9 Å². The van der Waals surface area contributed by atoms with Gasteiger partial charge in [-0.25, -0.2) is 0 Å². The van der Waals surface area contributed by atoms with Crippen LogP contribution in [-0.2, 0) is 0 Å². The zero-order chi connectivity index (χ0) is 8.91. The van der Waals surface area contributed by atoms with E-state index in [1.807, 2.05) is 0 Å². The Balaban J connectivity index is 3.00. The Labute approximate surface area is 54.1 Å². The first-order chi connectivity index (χ1) is 4.71. The SMILES string of the molecule is [2H]C1([2H])CCC([2H])([2H])C1([2H])Br. The van der Waals surface area contributed by atoms with E-state index in [-0.39, 0.29) is 12.8 Å². The van der Waals surface area contributed by atoms with Crippen LogP contribution in [0.3, 0.4) is 0 Å². The van der Waals surface area contributed by atoms with Crippen LogP contribution in [0.1, 0.15) is 32.4 Å². The molecular weight excluding hydrogens is 140 g/mol. The van der Waals surface area contributed by atoms with Gasteiger partial charge >= 0.3 is 0 Å². The highest BCUT2D eigenvalue weighted by atomic mass is 79.9. The maximum Gasteiger partial charge on any atom is 0.0423 e. The third-order valence-corrected chi connectivity index (χ3v) is 1.25. The summed E-state index contributed by atoms with van der Waals surface area (Å²) in [5.41, 5.74) is 0. The van der Waals surface area contributed by atoms with Gasteiger partial charge in [-0.15, -0.1) is 0 Å². The summed E-state index contributed by atoms with van der Waals surface area (Å²) in [5.74, 6) is 0. The third-order valence-electron chi connectivity index (χ3n) is 0.685. The van der Waals surface area contributed by atoms with E-state index in [1.54, 1.807) is 0 Å². The van der Waals surface area contributed by atoms with Crippen molar-refractivity contribution < 1.29 is 6.85 Å².